The van der Waals surface area contributed by atoms with E-state index in [1.54, 1.807) is 18.5 Å². The molecular weight excluding hydrogens is 342 g/mol. The van der Waals surface area contributed by atoms with Crippen molar-refractivity contribution in [2.24, 2.45) is 0 Å². The summed E-state index contributed by atoms with van der Waals surface area (Å²) in [5, 5.41) is 20.2. The summed E-state index contributed by atoms with van der Waals surface area (Å²) in [5.74, 6) is 0. The number of rotatable bonds is 5. The van der Waals surface area contributed by atoms with Gasteiger partial charge in [-0.1, -0.05) is 29.8 Å². The van der Waals surface area contributed by atoms with Crippen LogP contribution in [0.4, 0.5) is 0 Å². The molecule has 20 heavy (non-hydrogen) atoms. The van der Waals surface area contributed by atoms with Crippen molar-refractivity contribution in [2.75, 3.05) is 13.2 Å². The highest BCUT2D eigenvalue weighted by molar-refractivity contribution is 9.10. The van der Waals surface area contributed by atoms with Crippen molar-refractivity contribution >= 4 is 27.5 Å². The number of aliphatic hydroxyl groups is 2. The van der Waals surface area contributed by atoms with E-state index in [4.69, 9.17) is 11.6 Å². The Labute approximate surface area is 131 Å². The molecule has 0 amide bonds. The molecule has 0 unspecified atom stereocenters. The molecule has 0 saturated heterocycles. The lowest BCUT2D eigenvalue weighted by Gasteiger charge is -2.31. The Morgan fingerprint density at radius 2 is 1.85 bits per heavy atom. The van der Waals surface area contributed by atoms with Crippen LogP contribution in [0.2, 0.25) is 5.02 Å². The zero-order chi connectivity index (χ0) is 14.6. The lowest BCUT2D eigenvalue weighted by molar-refractivity contribution is 0.116. The fraction of sp³-hybridized carbons (Fsp3) is 0.267. The first-order chi connectivity index (χ1) is 9.61. The maximum absolute atomic E-state index is 9.83. The van der Waals surface area contributed by atoms with E-state index in [-0.39, 0.29) is 13.2 Å². The topological polar surface area (TPSA) is 53.4 Å². The maximum Gasteiger partial charge on any atom is 0.0553 e. The molecule has 5 heteroatoms. The van der Waals surface area contributed by atoms with Crippen LogP contribution >= 0.6 is 27.5 Å². The van der Waals surface area contributed by atoms with Crippen LogP contribution < -0.4 is 0 Å². The van der Waals surface area contributed by atoms with Gasteiger partial charge in [-0.05, 0) is 45.6 Å². The number of nitrogens with zero attached hydrogens (tertiary/aromatic N) is 1. The SMILES string of the molecule is OCC(CO)(Cc1cncc(Br)c1)c1ccccc1Cl. The Morgan fingerprint density at radius 3 is 2.45 bits per heavy atom. The average molecular weight is 357 g/mol. The van der Waals surface area contributed by atoms with Crippen LogP contribution in [0.15, 0.2) is 47.2 Å². The molecule has 0 aliphatic carbocycles. The fourth-order valence-electron chi connectivity index (χ4n) is 2.26. The molecule has 2 rings (SSSR count). The number of pyridine rings is 1. The molecule has 0 bridgehead atoms. The van der Waals surface area contributed by atoms with Crippen molar-refractivity contribution < 1.29 is 10.2 Å². The highest BCUT2D eigenvalue weighted by Crippen LogP contribution is 2.33. The van der Waals surface area contributed by atoms with E-state index < -0.39 is 5.41 Å². The minimum Gasteiger partial charge on any atom is -0.395 e. The zero-order valence-electron chi connectivity index (χ0n) is 10.8. The van der Waals surface area contributed by atoms with E-state index >= 15 is 0 Å². The average Bonchev–Trinajstić information content (AvgIpc) is 2.46. The van der Waals surface area contributed by atoms with Gasteiger partial charge in [0, 0.05) is 27.3 Å². The minimum absolute atomic E-state index is 0.195. The van der Waals surface area contributed by atoms with Gasteiger partial charge in [-0.25, -0.2) is 0 Å². The van der Waals surface area contributed by atoms with Crippen LogP contribution in [0.5, 0.6) is 0 Å². The molecule has 106 valence electrons. The van der Waals surface area contributed by atoms with Gasteiger partial charge >= 0.3 is 0 Å². The smallest absolute Gasteiger partial charge is 0.0553 e. The third-order valence-corrected chi connectivity index (χ3v) is 4.12. The van der Waals surface area contributed by atoms with Crippen LogP contribution in [-0.2, 0) is 11.8 Å². The monoisotopic (exact) mass is 355 g/mol. The Kier molecular flexibility index (Phi) is 5.16. The number of aromatic nitrogens is 1. The molecule has 0 atom stereocenters. The zero-order valence-corrected chi connectivity index (χ0v) is 13.1. The van der Waals surface area contributed by atoms with Gasteiger partial charge < -0.3 is 10.2 Å². The molecule has 0 aliphatic rings. The highest BCUT2D eigenvalue weighted by atomic mass is 79.9. The molecule has 1 aromatic carbocycles. The lowest BCUT2D eigenvalue weighted by Crippen LogP contribution is -2.37. The molecule has 0 saturated carbocycles. The highest BCUT2D eigenvalue weighted by Gasteiger charge is 2.33. The van der Waals surface area contributed by atoms with Gasteiger partial charge in [0.25, 0.3) is 0 Å². The largest absolute Gasteiger partial charge is 0.395 e. The van der Waals surface area contributed by atoms with E-state index in [1.807, 2.05) is 24.3 Å². The molecule has 0 spiro atoms. The molecular formula is C15H15BrClNO2. The standard InChI is InChI=1S/C15H15BrClNO2/c16-12-5-11(7-18-8-12)6-15(9-19,10-20)13-3-1-2-4-14(13)17/h1-5,7-8,19-20H,6,9-10H2. The Balaban J connectivity index is 2.42. The van der Waals surface area contributed by atoms with Gasteiger partial charge in [0.05, 0.1) is 13.2 Å². The van der Waals surface area contributed by atoms with E-state index in [0.29, 0.717) is 11.4 Å². The van der Waals surface area contributed by atoms with Gasteiger partial charge in [0.1, 0.15) is 0 Å². The Hall–Kier alpha value is -0.940. The normalized spacial score (nSPS) is 11.6. The van der Waals surface area contributed by atoms with Gasteiger partial charge in [-0.3, -0.25) is 4.98 Å². The summed E-state index contributed by atoms with van der Waals surface area (Å²) in [5.41, 5.74) is 0.843. The van der Waals surface area contributed by atoms with E-state index in [0.717, 1.165) is 15.6 Å². The number of aliphatic hydroxyl groups excluding tert-OH is 2. The van der Waals surface area contributed by atoms with Crippen LogP contribution in [0.25, 0.3) is 0 Å². The third-order valence-electron chi connectivity index (χ3n) is 3.35. The predicted octanol–water partition coefficient (Wildman–Crippen LogP) is 2.96. The summed E-state index contributed by atoms with van der Waals surface area (Å²) in [6.07, 6.45) is 3.87. The van der Waals surface area contributed by atoms with Gasteiger partial charge in [-0.2, -0.15) is 0 Å². The second-order valence-electron chi connectivity index (χ2n) is 4.76. The van der Waals surface area contributed by atoms with Crippen molar-refractivity contribution in [1.29, 1.82) is 0 Å². The first-order valence-electron chi connectivity index (χ1n) is 6.17. The molecule has 1 aromatic heterocycles. The maximum atomic E-state index is 9.83. The second kappa shape index (κ2) is 6.68. The van der Waals surface area contributed by atoms with Crippen LogP contribution in [0.3, 0.4) is 0 Å². The summed E-state index contributed by atoms with van der Waals surface area (Å²) in [6, 6.07) is 9.19. The van der Waals surface area contributed by atoms with Crippen LogP contribution in [0.1, 0.15) is 11.1 Å². The molecule has 1 heterocycles. The van der Waals surface area contributed by atoms with Crippen molar-refractivity contribution in [2.45, 2.75) is 11.8 Å². The van der Waals surface area contributed by atoms with Crippen molar-refractivity contribution in [3.8, 4) is 0 Å². The number of hydrogen-bond donors (Lipinski definition) is 2. The van der Waals surface area contributed by atoms with E-state index in [9.17, 15) is 10.2 Å². The lowest BCUT2D eigenvalue weighted by atomic mass is 9.77. The van der Waals surface area contributed by atoms with Crippen molar-refractivity contribution in [3.63, 3.8) is 0 Å². The first kappa shape index (κ1) is 15.4. The molecule has 0 radical (unpaired) electrons. The fourth-order valence-corrected chi connectivity index (χ4v) is 3.01. The first-order valence-corrected chi connectivity index (χ1v) is 7.34. The Morgan fingerprint density at radius 1 is 1.15 bits per heavy atom. The van der Waals surface area contributed by atoms with Crippen LogP contribution in [-0.4, -0.2) is 28.4 Å². The molecule has 2 aromatic rings. The Bertz CT molecular complexity index is 588. The van der Waals surface area contributed by atoms with E-state index in [1.165, 1.54) is 0 Å². The van der Waals surface area contributed by atoms with E-state index in [2.05, 4.69) is 20.9 Å². The van der Waals surface area contributed by atoms with Gasteiger partial charge in [-0.15, -0.1) is 0 Å². The molecule has 2 N–H and O–H groups in total. The summed E-state index contributed by atoms with van der Waals surface area (Å²) >= 11 is 9.59. The van der Waals surface area contributed by atoms with Gasteiger partial charge in [0.2, 0.25) is 0 Å². The summed E-state index contributed by atoms with van der Waals surface area (Å²) in [6.45, 7) is -0.389. The molecule has 0 aliphatic heterocycles. The predicted molar refractivity (Wildman–Crippen MR) is 82.9 cm³/mol. The second-order valence-corrected chi connectivity index (χ2v) is 6.09. The quantitative estimate of drug-likeness (QED) is 0.866. The summed E-state index contributed by atoms with van der Waals surface area (Å²) < 4.78 is 0.860. The minimum atomic E-state index is -0.819. The molecule has 0 fully saturated rings. The third kappa shape index (κ3) is 3.20. The van der Waals surface area contributed by atoms with Gasteiger partial charge in [0.15, 0.2) is 0 Å². The van der Waals surface area contributed by atoms with Crippen molar-refractivity contribution in [3.05, 3.63) is 63.3 Å². The number of benzene rings is 1. The molecule has 3 nitrogen and oxygen atoms in total. The summed E-state index contributed by atoms with van der Waals surface area (Å²) in [7, 11) is 0. The number of halogens is 2. The number of hydrogen-bond acceptors (Lipinski definition) is 3. The van der Waals surface area contributed by atoms with Crippen molar-refractivity contribution in [1.82, 2.24) is 4.98 Å². The summed E-state index contributed by atoms with van der Waals surface area (Å²) in [4.78, 5) is 4.11. The van der Waals surface area contributed by atoms with Crippen LogP contribution in [0, 0.1) is 0 Å².